The van der Waals surface area contributed by atoms with Crippen LogP contribution in [0.2, 0.25) is 0 Å². The van der Waals surface area contributed by atoms with E-state index in [1.165, 1.54) is 0 Å². The van der Waals surface area contributed by atoms with Crippen LogP contribution in [0.15, 0.2) is 40.9 Å². The molecule has 2 aromatic rings. The maximum absolute atomic E-state index is 12.9. The number of aliphatic hydroxyl groups is 1. The van der Waals surface area contributed by atoms with Crippen molar-refractivity contribution in [3.05, 3.63) is 68.7 Å². The third kappa shape index (κ3) is 3.55. The zero-order valence-corrected chi connectivity index (χ0v) is 14.1. The minimum atomic E-state index is -4.90. The Bertz CT molecular complexity index is 795. The Hall–Kier alpha value is -1.54. The number of halogens is 7. The van der Waals surface area contributed by atoms with Crippen LogP contribution < -0.4 is 0 Å². The molecule has 134 valence electrons. The van der Waals surface area contributed by atoms with Gasteiger partial charge in [-0.3, -0.25) is 0 Å². The Morgan fingerprint density at radius 3 is 1.96 bits per heavy atom. The highest BCUT2D eigenvalue weighted by atomic mass is 79.9. The van der Waals surface area contributed by atoms with Crippen molar-refractivity contribution < 1.29 is 31.4 Å². The summed E-state index contributed by atoms with van der Waals surface area (Å²) < 4.78 is 78.3. The molecule has 1 atom stereocenters. The smallest absolute Gasteiger partial charge is 0.384 e. The van der Waals surface area contributed by atoms with Crippen LogP contribution in [0.3, 0.4) is 0 Å². The molecule has 0 saturated heterocycles. The molecule has 8 heteroatoms. The summed E-state index contributed by atoms with van der Waals surface area (Å²) in [5, 5.41) is 10.6. The van der Waals surface area contributed by atoms with Gasteiger partial charge in [0.05, 0.1) is 16.7 Å². The fourth-order valence-electron chi connectivity index (χ4n) is 3.08. The highest BCUT2D eigenvalue weighted by molar-refractivity contribution is 9.10. The monoisotopic (exact) mass is 424 g/mol. The van der Waals surface area contributed by atoms with E-state index in [0.29, 0.717) is 17.7 Å². The number of alkyl halides is 6. The molecular weight excluding hydrogens is 414 g/mol. The minimum Gasteiger partial charge on any atom is -0.384 e. The largest absolute Gasteiger partial charge is 0.416 e. The molecule has 0 spiro atoms. The Kier molecular flexibility index (Phi) is 4.19. The first-order chi connectivity index (χ1) is 11.4. The molecule has 1 nitrogen and oxygen atoms in total. The fourth-order valence-corrected chi connectivity index (χ4v) is 3.49. The van der Waals surface area contributed by atoms with E-state index in [-0.39, 0.29) is 24.5 Å². The highest BCUT2D eigenvalue weighted by Gasteiger charge is 2.42. The van der Waals surface area contributed by atoms with Gasteiger partial charge in [0.1, 0.15) is 0 Å². The van der Waals surface area contributed by atoms with E-state index < -0.39 is 29.1 Å². The average Bonchev–Trinajstić information content (AvgIpc) is 2.44. The summed E-state index contributed by atoms with van der Waals surface area (Å²) in [4.78, 5) is 0. The zero-order valence-electron chi connectivity index (χ0n) is 12.5. The van der Waals surface area contributed by atoms with Gasteiger partial charge in [-0.1, -0.05) is 22.0 Å². The zero-order chi connectivity index (χ0) is 18.6. The molecule has 1 aliphatic carbocycles. The van der Waals surface area contributed by atoms with Crippen molar-refractivity contribution in [1.82, 2.24) is 0 Å². The number of hydrogen-bond acceptors (Lipinski definition) is 1. The molecule has 0 saturated carbocycles. The number of rotatable bonds is 2. The van der Waals surface area contributed by atoms with Crippen molar-refractivity contribution in [3.8, 4) is 0 Å². The summed E-state index contributed by atoms with van der Waals surface area (Å²) in [5.41, 5.74) is -3.12. The Morgan fingerprint density at radius 2 is 1.48 bits per heavy atom. The molecule has 0 bridgehead atoms. The summed E-state index contributed by atoms with van der Waals surface area (Å²) in [6.45, 7) is 0. The van der Waals surface area contributed by atoms with Crippen LogP contribution in [0.5, 0.6) is 0 Å². The van der Waals surface area contributed by atoms with Gasteiger partial charge in [-0.25, -0.2) is 0 Å². The van der Waals surface area contributed by atoms with Gasteiger partial charge >= 0.3 is 12.4 Å². The molecule has 1 N–H and O–H groups in total. The Morgan fingerprint density at radius 1 is 0.920 bits per heavy atom. The van der Waals surface area contributed by atoms with E-state index >= 15 is 0 Å². The van der Waals surface area contributed by atoms with Crippen LogP contribution >= 0.6 is 15.9 Å². The van der Waals surface area contributed by atoms with Gasteiger partial charge in [-0.15, -0.1) is 0 Å². The molecular formula is C17H11BrF6O. The molecule has 25 heavy (non-hydrogen) atoms. The van der Waals surface area contributed by atoms with Crippen molar-refractivity contribution in [2.45, 2.75) is 30.8 Å². The lowest BCUT2D eigenvalue weighted by molar-refractivity contribution is -0.143. The average molecular weight is 425 g/mol. The lowest BCUT2D eigenvalue weighted by Crippen LogP contribution is -2.40. The second kappa shape index (κ2) is 5.74. The maximum atomic E-state index is 12.9. The standard InChI is InChI=1S/C17H11BrF6O/c18-13-1-2-14-10(5-13)8-15(14,25)7-9-3-11(16(19,20)21)6-12(4-9)17(22,23)24/h1-6,25H,7-8H2. The van der Waals surface area contributed by atoms with E-state index in [1.807, 2.05) is 0 Å². The van der Waals surface area contributed by atoms with Gasteiger partial charge in [0, 0.05) is 17.3 Å². The summed E-state index contributed by atoms with van der Waals surface area (Å²) in [5.74, 6) is 0. The van der Waals surface area contributed by atoms with Gasteiger partial charge in [-0.05, 0) is 47.0 Å². The van der Waals surface area contributed by atoms with E-state index in [2.05, 4.69) is 15.9 Å². The summed E-state index contributed by atoms with van der Waals surface area (Å²) in [6.07, 6.45) is -9.96. The molecule has 0 amide bonds. The lowest BCUT2D eigenvalue weighted by atomic mass is 9.70. The van der Waals surface area contributed by atoms with Gasteiger partial charge in [0.2, 0.25) is 0 Å². The van der Waals surface area contributed by atoms with Gasteiger partial charge in [0.25, 0.3) is 0 Å². The second-order valence-electron chi connectivity index (χ2n) is 6.10. The van der Waals surface area contributed by atoms with Crippen LogP contribution in [0.25, 0.3) is 0 Å². The molecule has 1 aliphatic rings. The van der Waals surface area contributed by atoms with Crippen molar-refractivity contribution >= 4 is 15.9 Å². The molecule has 0 heterocycles. The predicted molar refractivity (Wildman–Crippen MR) is 81.9 cm³/mol. The number of benzene rings is 2. The summed E-state index contributed by atoms with van der Waals surface area (Å²) >= 11 is 3.27. The third-order valence-electron chi connectivity index (χ3n) is 4.20. The number of fused-ring (bicyclic) bond motifs is 1. The third-order valence-corrected chi connectivity index (χ3v) is 4.69. The quantitative estimate of drug-likeness (QED) is 0.633. The van der Waals surface area contributed by atoms with E-state index in [4.69, 9.17) is 0 Å². The minimum absolute atomic E-state index is 0.0827. The fraction of sp³-hybridized carbons (Fsp3) is 0.294. The van der Waals surface area contributed by atoms with Crippen molar-refractivity contribution in [2.75, 3.05) is 0 Å². The van der Waals surface area contributed by atoms with Crippen LogP contribution in [0.1, 0.15) is 27.8 Å². The van der Waals surface area contributed by atoms with E-state index in [1.54, 1.807) is 18.2 Å². The van der Waals surface area contributed by atoms with Crippen LogP contribution in [0, 0.1) is 0 Å². The predicted octanol–water partition coefficient (Wildman–Crippen LogP) is 5.47. The van der Waals surface area contributed by atoms with Gasteiger partial charge in [-0.2, -0.15) is 26.3 Å². The Labute approximate surface area is 147 Å². The first-order valence-corrected chi connectivity index (χ1v) is 7.97. The summed E-state index contributed by atoms with van der Waals surface area (Å²) in [7, 11) is 0. The Balaban J connectivity index is 1.99. The normalized spacial score (nSPS) is 20.2. The van der Waals surface area contributed by atoms with Gasteiger partial charge in [0.15, 0.2) is 0 Å². The molecule has 3 rings (SSSR count). The first-order valence-electron chi connectivity index (χ1n) is 7.18. The maximum Gasteiger partial charge on any atom is 0.416 e. The molecule has 2 aromatic carbocycles. The SMILES string of the molecule is OC1(Cc2cc(C(F)(F)F)cc(C(F)(F)F)c2)Cc2cc(Br)ccc21. The molecule has 0 radical (unpaired) electrons. The van der Waals surface area contributed by atoms with E-state index in [9.17, 15) is 31.4 Å². The summed E-state index contributed by atoms with van der Waals surface area (Å²) in [6, 6.07) is 6.43. The molecule has 0 aromatic heterocycles. The first kappa shape index (κ1) is 18.3. The van der Waals surface area contributed by atoms with Gasteiger partial charge < -0.3 is 5.11 Å². The molecule has 1 unspecified atom stereocenters. The van der Waals surface area contributed by atoms with Crippen LogP contribution in [0.4, 0.5) is 26.3 Å². The second-order valence-corrected chi connectivity index (χ2v) is 7.02. The lowest BCUT2D eigenvalue weighted by Gasteiger charge is -2.40. The number of hydrogen-bond donors (Lipinski definition) is 1. The van der Waals surface area contributed by atoms with Crippen LogP contribution in [-0.4, -0.2) is 5.11 Å². The van der Waals surface area contributed by atoms with Crippen LogP contribution in [-0.2, 0) is 30.8 Å². The van der Waals surface area contributed by atoms with E-state index in [0.717, 1.165) is 10.0 Å². The molecule has 0 fully saturated rings. The van der Waals surface area contributed by atoms with Crippen molar-refractivity contribution in [3.63, 3.8) is 0 Å². The topological polar surface area (TPSA) is 20.2 Å². The van der Waals surface area contributed by atoms with Crippen molar-refractivity contribution in [2.24, 2.45) is 0 Å². The van der Waals surface area contributed by atoms with Crippen molar-refractivity contribution in [1.29, 1.82) is 0 Å². The highest BCUT2D eigenvalue weighted by Crippen LogP contribution is 2.44. The molecule has 0 aliphatic heterocycles.